The van der Waals surface area contributed by atoms with Crippen molar-refractivity contribution in [3.05, 3.63) is 52.6 Å². The van der Waals surface area contributed by atoms with E-state index in [4.69, 9.17) is 11.6 Å². The number of allylic oxidation sites excluding steroid dienone is 4. The number of hydrogen-bond acceptors (Lipinski definition) is 3. The first kappa shape index (κ1) is 18.6. The Morgan fingerprint density at radius 1 is 0.917 bits per heavy atom. The Balaban J connectivity index is 2.53. The number of ketones is 1. The van der Waals surface area contributed by atoms with Crippen LogP contribution in [0.4, 0.5) is 0 Å². The molecule has 6 heteroatoms. The van der Waals surface area contributed by atoms with Crippen LogP contribution in [0.2, 0.25) is 5.02 Å². The fourth-order valence-electron chi connectivity index (χ4n) is 2.37. The van der Waals surface area contributed by atoms with E-state index in [-0.39, 0.29) is 28.2 Å². The number of sulfonamides is 1. The Kier molecular flexibility index (Phi) is 5.45. The van der Waals surface area contributed by atoms with Crippen LogP contribution in [0.25, 0.3) is 0 Å². The van der Waals surface area contributed by atoms with Gasteiger partial charge in [0.2, 0.25) is 0 Å². The van der Waals surface area contributed by atoms with Gasteiger partial charge in [0.1, 0.15) is 0 Å². The SMILES string of the molecule is CC(C)C1=CC(=NS(=O)(=O)c2ccc(Cl)cc2)C=C(C(C)C)C1=O. The lowest BCUT2D eigenvalue weighted by atomic mass is 9.84. The molecule has 0 aromatic heterocycles. The molecule has 1 aromatic carbocycles. The molecule has 0 bridgehead atoms. The van der Waals surface area contributed by atoms with Gasteiger partial charge in [0, 0.05) is 16.2 Å². The molecule has 1 aliphatic rings. The molecule has 4 nitrogen and oxygen atoms in total. The summed E-state index contributed by atoms with van der Waals surface area (Å²) >= 11 is 5.79. The summed E-state index contributed by atoms with van der Waals surface area (Å²) in [5.74, 6) is -0.0605. The molecule has 0 unspecified atom stereocenters. The van der Waals surface area contributed by atoms with Crippen molar-refractivity contribution < 1.29 is 13.2 Å². The van der Waals surface area contributed by atoms with Gasteiger partial charge in [-0.3, -0.25) is 4.79 Å². The highest BCUT2D eigenvalue weighted by Gasteiger charge is 2.25. The van der Waals surface area contributed by atoms with Crippen molar-refractivity contribution in [1.29, 1.82) is 0 Å². The number of benzene rings is 1. The summed E-state index contributed by atoms with van der Waals surface area (Å²) in [4.78, 5) is 12.5. The Morgan fingerprint density at radius 2 is 1.38 bits per heavy atom. The Morgan fingerprint density at radius 3 is 1.79 bits per heavy atom. The molecule has 2 rings (SSSR count). The van der Waals surface area contributed by atoms with E-state index in [2.05, 4.69) is 4.40 Å². The second kappa shape index (κ2) is 7.03. The van der Waals surface area contributed by atoms with Crippen LogP contribution in [0.3, 0.4) is 0 Å². The van der Waals surface area contributed by atoms with Crippen LogP contribution in [0.15, 0.2) is 56.9 Å². The van der Waals surface area contributed by atoms with Crippen LogP contribution >= 0.6 is 11.6 Å². The predicted molar refractivity (Wildman–Crippen MR) is 96.9 cm³/mol. The van der Waals surface area contributed by atoms with Crippen molar-refractivity contribution >= 4 is 33.1 Å². The lowest BCUT2D eigenvalue weighted by Gasteiger charge is -2.19. The number of rotatable bonds is 4. The first-order chi connectivity index (χ1) is 11.1. The van der Waals surface area contributed by atoms with Crippen LogP contribution in [0.5, 0.6) is 0 Å². The van der Waals surface area contributed by atoms with Gasteiger partial charge in [-0.2, -0.15) is 12.8 Å². The fourth-order valence-corrected chi connectivity index (χ4v) is 3.46. The van der Waals surface area contributed by atoms with Crippen LogP contribution in [-0.4, -0.2) is 19.9 Å². The number of hydrogen-bond donors (Lipinski definition) is 0. The molecule has 0 atom stereocenters. The normalized spacial score (nSPS) is 15.6. The van der Waals surface area contributed by atoms with Gasteiger partial charge in [-0.05, 0) is 48.3 Å². The zero-order chi connectivity index (χ0) is 18.1. The summed E-state index contributed by atoms with van der Waals surface area (Å²) in [6.07, 6.45) is 3.12. The van der Waals surface area contributed by atoms with Crippen molar-refractivity contribution in [1.82, 2.24) is 0 Å². The third-order valence-electron chi connectivity index (χ3n) is 3.71. The van der Waals surface area contributed by atoms with Crippen LogP contribution in [0, 0.1) is 11.8 Å². The van der Waals surface area contributed by atoms with Gasteiger partial charge in [0.05, 0.1) is 10.6 Å². The lowest BCUT2D eigenvalue weighted by Crippen LogP contribution is -2.21. The van der Waals surface area contributed by atoms with Gasteiger partial charge in [-0.1, -0.05) is 39.3 Å². The van der Waals surface area contributed by atoms with E-state index >= 15 is 0 Å². The van der Waals surface area contributed by atoms with Crippen LogP contribution in [0.1, 0.15) is 27.7 Å². The van der Waals surface area contributed by atoms with Gasteiger partial charge in [-0.15, -0.1) is 0 Å². The third-order valence-corrected chi connectivity index (χ3v) is 5.28. The zero-order valence-corrected chi connectivity index (χ0v) is 15.6. The monoisotopic (exact) mass is 365 g/mol. The minimum atomic E-state index is -3.86. The minimum absolute atomic E-state index is 0.0108. The van der Waals surface area contributed by atoms with E-state index in [9.17, 15) is 13.2 Å². The van der Waals surface area contributed by atoms with Gasteiger partial charge in [0.25, 0.3) is 10.0 Å². The molecule has 0 heterocycles. The maximum atomic E-state index is 12.5. The summed E-state index contributed by atoms with van der Waals surface area (Å²) < 4.78 is 28.9. The van der Waals surface area contributed by atoms with Gasteiger partial charge in [0.15, 0.2) is 5.78 Å². The number of halogens is 1. The van der Waals surface area contributed by atoms with Crippen molar-refractivity contribution in [2.75, 3.05) is 0 Å². The van der Waals surface area contributed by atoms with Crippen LogP contribution in [-0.2, 0) is 14.8 Å². The molecule has 0 amide bonds. The molecule has 0 N–H and O–H groups in total. The second-order valence-corrected chi connectivity index (χ2v) is 8.32. The number of nitrogens with zero attached hydrogens (tertiary/aromatic N) is 1. The predicted octanol–water partition coefficient (Wildman–Crippen LogP) is 4.22. The fraction of sp³-hybridized carbons (Fsp3) is 0.333. The zero-order valence-electron chi connectivity index (χ0n) is 14.1. The van der Waals surface area contributed by atoms with E-state index in [0.29, 0.717) is 16.2 Å². The molecule has 0 radical (unpaired) electrons. The summed E-state index contributed by atoms with van der Waals surface area (Å²) in [5.41, 5.74) is 1.43. The van der Waals surface area contributed by atoms with Crippen molar-refractivity contribution in [3.8, 4) is 0 Å². The first-order valence-corrected chi connectivity index (χ1v) is 9.52. The molecule has 0 saturated carbocycles. The van der Waals surface area contributed by atoms with Crippen molar-refractivity contribution in [2.45, 2.75) is 32.6 Å². The molecule has 128 valence electrons. The average molecular weight is 366 g/mol. The van der Waals surface area contributed by atoms with E-state index in [1.807, 2.05) is 27.7 Å². The van der Waals surface area contributed by atoms with Gasteiger partial charge < -0.3 is 0 Å². The molecule has 24 heavy (non-hydrogen) atoms. The van der Waals surface area contributed by atoms with E-state index < -0.39 is 10.0 Å². The van der Waals surface area contributed by atoms with E-state index in [1.165, 1.54) is 24.3 Å². The molecule has 1 aromatic rings. The van der Waals surface area contributed by atoms with Crippen molar-refractivity contribution in [3.63, 3.8) is 0 Å². The molecule has 1 aliphatic carbocycles. The van der Waals surface area contributed by atoms with E-state index in [1.54, 1.807) is 12.2 Å². The maximum absolute atomic E-state index is 12.5. The summed E-state index contributed by atoms with van der Waals surface area (Å²) in [7, 11) is -3.86. The summed E-state index contributed by atoms with van der Waals surface area (Å²) in [5, 5.41) is 0.453. The van der Waals surface area contributed by atoms with E-state index in [0.717, 1.165) is 0 Å². The minimum Gasteiger partial charge on any atom is -0.289 e. The second-order valence-electron chi connectivity index (χ2n) is 6.28. The topological polar surface area (TPSA) is 63.6 Å². The third kappa shape index (κ3) is 4.02. The maximum Gasteiger partial charge on any atom is 0.282 e. The Bertz CT molecular complexity index is 815. The highest BCUT2D eigenvalue weighted by Crippen LogP contribution is 2.26. The Labute approximate surface area is 148 Å². The number of Topliss-reactive ketones (excluding diaryl/α,β-unsaturated/α-hetero) is 1. The van der Waals surface area contributed by atoms with Crippen LogP contribution < -0.4 is 0 Å². The summed E-state index contributed by atoms with van der Waals surface area (Å²) in [6.45, 7) is 7.60. The molecule has 0 fully saturated rings. The largest absolute Gasteiger partial charge is 0.289 e. The number of carbonyl (C=O) groups excluding carboxylic acids is 1. The number of carbonyl (C=O) groups is 1. The summed E-state index contributed by atoms with van der Waals surface area (Å²) in [6, 6.07) is 5.83. The molecule has 0 aliphatic heterocycles. The standard InChI is InChI=1S/C18H20ClNO3S/c1-11(2)16-9-14(10-17(12(3)4)18(16)21)20-24(22,23)15-7-5-13(19)6-8-15/h5-12H,1-4H3. The molecular weight excluding hydrogens is 346 g/mol. The highest BCUT2D eigenvalue weighted by molar-refractivity contribution is 7.90. The lowest BCUT2D eigenvalue weighted by molar-refractivity contribution is -0.113. The molecule has 0 saturated heterocycles. The highest BCUT2D eigenvalue weighted by atomic mass is 35.5. The van der Waals surface area contributed by atoms with Crippen molar-refractivity contribution in [2.24, 2.45) is 16.2 Å². The first-order valence-electron chi connectivity index (χ1n) is 7.70. The molecular formula is C18H20ClNO3S. The molecule has 0 spiro atoms. The smallest absolute Gasteiger partial charge is 0.282 e. The quantitative estimate of drug-likeness (QED) is 0.750. The average Bonchev–Trinajstić information content (AvgIpc) is 2.48. The van der Waals surface area contributed by atoms with Gasteiger partial charge >= 0.3 is 0 Å². The Hall–Kier alpha value is -1.72. The van der Waals surface area contributed by atoms with Gasteiger partial charge in [-0.25, -0.2) is 0 Å².